The number of nitrogens with zero attached hydrogens (tertiary/aromatic N) is 3. The van der Waals surface area contributed by atoms with Crippen molar-refractivity contribution in [3.63, 3.8) is 0 Å². The maximum Gasteiger partial charge on any atom is 0.238 e. The van der Waals surface area contributed by atoms with Crippen LogP contribution in [0.5, 0.6) is 0 Å². The normalized spacial score (nSPS) is 20.7. The van der Waals surface area contributed by atoms with Gasteiger partial charge >= 0.3 is 0 Å². The van der Waals surface area contributed by atoms with E-state index in [1.165, 1.54) is 18.2 Å². The average Bonchev–Trinajstić information content (AvgIpc) is 2.48. The molecule has 1 aliphatic heterocycles. The summed E-state index contributed by atoms with van der Waals surface area (Å²) in [5, 5.41) is 5.57. The largest absolute Gasteiger partial charge is 0.369 e. The molecule has 24 heavy (non-hydrogen) atoms. The molecule has 1 fully saturated rings. The highest BCUT2D eigenvalue weighted by atomic mass is 35.5. The van der Waals surface area contributed by atoms with Gasteiger partial charge in [0.2, 0.25) is 21.9 Å². The molecule has 3 rings (SSSR count). The van der Waals surface area contributed by atoms with Crippen LogP contribution in [0.25, 0.3) is 0 Å². The van der Waals surface area contributed by atoms with E-state index in [-0.39, 0.29) is 16.8 Å². The molecule has 1 aliphatic carbocycles. The number of nitrogens with two attached hydrogens (primary N) is 3. The highest BCUT2D eigenvalue weighted by Crippen LogP contribution is 2.42. The Kier molecular flexibility index (Phi) is 4.18. The maximum absolute atomic E-state index is 11.7. The maximum atomic E-state index is 11.7. The molecular weight excluding hydrogens is 352 g/mol. The third-order valence-corrected chi connectivity index (χ3v) is 5.57. The van der Waals surface area contributed by atoms with Gasteiger partial charge in [-0.25, -0.2) is 18.5 Å². The fraction of sp³-hybridized carbons (Fsp3) is 0.429. The van der Waals surface area contributed by atoms with Crippen LogP contribution >= 0.6 is 11.6 Å². The van der Waals surface area contributed by atoms with Gasteiger partial charge in [0.05, 0.1) is 15.6 Å². The van der Waals surface area contributed by atoms with Crippen molar-refractivity contribution >= 4 is 39.2 Å². The lowest BCUT2D eigenvalue weighted by atomic mass is 9.87. The minimum atomic E-state index is -3.88. The van der Waals surface area contributed by atoms with Gasteiger partial charge in [0.25, 0.3) is 0 Å². The molecule has 1 heterocycles. The standard InChI is InChI=1S/C14H19ClN6O2S/c15-10-5-4-9(24(18,22)23)8-11(10)21-13(17)19-12(16)20-14(21)6-2-1-3-7-14/h4-5,8H,1-3,6-7H2,(H2,18,22,23)(H4,16,17,19,20). The van der Waals surface area contributed by atoms with Crippen molar-refractivity contribution in [1.82, 2.24) is 0 Å². The number of halogens is 1. The lowest BCUT2D eigenvalue weighted by Crippen LogP contribution is -2.58. The number of rotatable bonds is 2. The molecule has 0 bridgehead atoms. The third kappa shape index (κ3) is 2.94. The molecule has 1 saturated carbocycles. The van der Waals surface area contributed by atoms with Crippen molar-refractivity contribution < 1.29 is 8.42 Å². The molecule has 0 unspecified atom stereocenters. The summed E-state index contributed by atoms with van der Waals surface area (Å²) in [5.74, 6) is 0.252. The molecule has 1 aromatic rings. The van der Waals surface area contributed by atoms with Gasteiger partial charge in [-0.1, -0.05) is 18.0 Å². The molecule has 2 aliphatic rings. The van der Waals surface area contributed by atoms with Gasteiger partial charge in [-0.05, 0) is 43.9 Å². The lowest BCUT2D eigenvalue weighted by Gasteiger charge is -2.45. The number of hydrogen-bond donors (Lipinski definition) is 3. The van der Waals surface area contributed by atoms with Gasteiger partial charge in [-0.3, -0.25) is 4.90 Å². The fourth-order valence-electron chi connectivity index (χ4n) is 3.31. The van der Waals surface area contributed by atoms with Gasteiger partial charge in [0.15, 0.2) is 0 Å². The molecule has 0 aromatic heterocycles. The Morgan fingerprint density at radius 1 is 1.17 bits per heavy atom. The predicted molar refractivity (Wildman–Crippen MR) is 94.4 cm³/mol. The van der Waals surface area contributed by atoms with E-state index in [0.29, 0.717) is 10.7 Å². The topological polar surface area (TPSA) is 140 Å². The summed E-state index contributed by atoms with van der Waals surface area (Å²) in [4.78, 5) is 10.2. The van der Waals surface area contributed by atoms with E-state index in [1.807, 2.05) is 0 Å². The fourth-order valence-corrected chi connectivity index (χ4v) is 4.05. The SMILES string of the molecule is NC1=NC2(CCCCC2)N(c2cc(S(N)(=O)=O)ccc2Cl)C(N)=N1. The summed E-state index contributed by atoms with van der Waals surface area (Å²) < 4.78 is 23.4. The minimum Gasteiger partial charge on any atom is -0.369 e. The molecule has 1 spiro atoms. The zero-order valence-electron chi connectivity index (χ0n) is 12.9. The van der Waals surface area contributed by atoms with Crippen molar-refractivity contribution in [2.24, 2.45) is 26.6 Å². The van der Waals surface area contributed by atoms with Crippen LogP contribution in [0.4, 0.5) is 5.69 Å². The second-order valence-corrected chi connectivity index (χ2v) is 7.95. The van der Waals surface area contributed by atoms with Crippen LogP contribution in [-0.2, 0) is 10.0 Å². The van der Waals surface area contributed by atoms with Gasteiger partial charge in [-0.2, -0.15) is 4.99 Å². The Hall–Kier alpha value is -1.84. The number of benzene rings is 1. The van der Waals surface area contributed by atoms with E-state index in [4.69, 9.17) is 28.2 Å². The molecule has 6 N–H and O–H groups in total. The van der Waals surface area contributed by atoms with Gasteiger partial charge in [0.1, 0.15) is 5.66 Å². The van der Waals surface area contributed by atoms with Crippen LogP contribution in [0.1, 0.15) is 32.1 Å². The van der Waals surface area contributed by atoms with Crippen molar-refractivity contribution in [3.05, 3.63) is 23.2 Å². The summed E-state index contributed by atoms with van der Waals surface area (Å²) in [5.41, 5.74) is 11.6. The smallest absolute Gasteiger partial charge is 0.238 e. The highest BCUT2D eigenvalue weighted by molar-refractivity contribution is 7.89. The summed E-state index contributed by atoms with van der Waals surface area (Å²) in [7, 11) is -3.88. The summed E-state index contributed by atoms with van der Waals surface area (Å²) in [6.45, 7) is 0. The van der Waals surface area contributed by atoms with E-state index >= 15 is 0 Å². The number of sulfonamides is 1. The third-order valence-electron chi connectivity index (χ3n) is 4.34. The van der Waals surface area contributed by atoms with Crippen LogP contribution in [0.2, 0.25) is 5.02 Å². The molecule has 0 radical (unpaired) electrons. The van der Waals surface area contributed by atoms with Crippen molar-refractivity contribution in [2.45, 2.75) is 42.7 Å². The molecule has 130 valence electrons. The Morgan fingerprint density at radius 2 is 1.83 bits per heavy atom. The van der Waals surface area contributed by atoms with Crippen molar-refractivity contribution in [2.75, 3.05) is 4.90 Å². The van der Waals surface area contributed by atoms with E-state index < -0.39 is 15.7 Å². The van der Waals surface area contributed by atoms with E-state index in [1.54, 1.807) is 4.90 Å². The number of anilines is 1. The molecule has 1 aromatic carbocycles. The first kappa shape index (κ1) is 17.0. The molecule has 0 atom stereocenters. The average molecular weight is 371 g/mol. The Balaban J connectivity index is 2.17. The number of guanidine groups is 2. The molecule has 0 saturated heterocycles. The van der Waals surface area contributed by atoms with E-state index in [0.717, 1.165) is 32.1 Å². The van der Waals surface area contributed by atoms with Crippen LogP contribution in [0, 0.1) is 0 Å². The molecular formula is C14H19ClN6O2S. The zero-order chi connectivity index (χ0) is 17.5. The minimum absolute atomic E-state index is 0.0526. The Morgan fingerprint density at radius 3 is 2.46 bits per heavy atom. The van der Waals surface area contributed by atoms with Gasteiger partial charge in [0, 0.05) is 0 Å². The number of primary sulfonamides is 1. The van der Waals surface area contributed by atoms with E-state index in [9.17, 15) is 8.42 Å². The zero-order valence-corrected chi connectivity index (χ0v) is 14.5. The van der Waals surface area contributed by atoms with Gasteiger partial charge < -0.3 is 11.5 Å². The predicted octanol–water partition coefficient (Wildman–Crippen LogP) is 1.10. The first-order valence-electron chi connectivity index (χ1n) is 7.55. The Labute approximate surface area is 145 Å². The first-order chi connectivity index (χ1) is 11.2. The molecule has 0 amide bonds. The van der Waals surface area contributed by atoms with Crippen LogP contribution in [-0.4, -0.2) is 26.0 Å². The number of hydrogen-bond acceptors (Lipinski definition) is 7. The Bertz CT molecular complexity index is 830. The first-order valence-corrected chi connectivity index (χ1v) is 9.47. The van der Waals surface area contributed by atoms with Crippen molar-refractivity contribution in [1.29, 1.82) is 0 Å². The van der Waals surface area contributed by atoms with Crippen LogP contribution in [0.15, 0.2) is 33.1 Å². The highest BCUT2D eigenvalue weighted by Gasteiger charge is 2.43. The second kappa shape index (κ2) is 5.91. The summed E-state index contributed by atoms with van der Waals surface area (Å²) in [6.07, 6.45) is 4.44. The molecule has 10 heteroatoms. The number of aliphatic imine (C=N–C) groups is 2. The second-order valence-electron chi connectivity index (χ2n) is 5.98. The summed E-state index contributed by atoms with van der Waals surface area (Å²) >= 11 is 6.32. The van der Waals surface area contributed by atoms with Crippen LogP contribution in [0.3, 0.4) is 0 Å². The van der Waals surface area contributed by atoms with Crippen molar-refractivity contribution in [3.8, 4) is 0 Å². The van der Waals surface area contributed by atoms with Gasteiger partial charge in [-0.15, -0.1) is 0 Å². The van der Waals surface area contributed by atoms with E-state index in [2.05, 4.69) is 9.98 Å². The lowest BCUT2D eigenvalue weighted by molar-refractivity contribution is 0.305. The summed E-state index contributed by atoms with van der Waals surface area (Å²) in [6, 6.07) is 4.22. The quantitative estimate of drug-likeness (QED) is 0.714. The monoisotopic (exact) mass is 370 g/mol. The van der Waals surface area contributed by atoms with Crippen LogP contribution < -0.4 is 21.5 Å². The molecule has 8 nitrogen and oxygen atoms in total.